The summed E-state index contributed by atoms with van der Waals surface area (Å²) in [5, 5.41) is 13.5. The van der Waals surface area contributed by atoms with Crippen molar-refractivity contribution in [3.05, 3.63) is 35.4 Å². The van der Waals surface area contributed by atoms with Crippen LogP contribution in [0.25, 0.3) is 0 Å². The average molecular weight is 191 g/mol. The number of hydrogen-bond acceptors (Lipinski definition) is 2. The summed E-state index contributed by atoms with van der Waals surface area (Å²) in [5.74, 6) is 0. The fraction of sp³-hybridized carbons (Fsp3) is 0.500. The van der Waals surface area contributed by atoms with Gasteiger partial charge < -0.3 is 10.4 Å². The zero-order valence-corrected chi connectivity index (χ0v) is 8.53. The molecule has 0 radical (unpaired) electrons. The van der Waals surface area contributed by atoms with Crippen LogP contribution in [0.5, 0.6) is 0 Å². The van der Waals surface area contributed by atoms with Crippen molar-refractivity contribution in [3.63, 3.8) is 0 Å². The van der Waals surface area contributed by atoms with Crippen LogP contribution < -0.4 is 5.32 Å². The molecule has 0 spiro atoms. The minimum atomic E-state index is -0.348. The van der Waals surface area contributed by atoms with Crippen LogP contribution in [0.4, 0.5) is 0 Å². The van der Waals surface area contributed by atoms with Crippen molar-refractivity contribution in [2.45, 2.75) is 31.9 Å². The number of aryl methyl sites for hydroxylation is 1. The highest BCUT2D eigenvalue weighted by Gasteiger charge is 2.24. The van der Waals surface area contributed by atoms with Gasteiger partial charge in [-0.15, -0.1) is 0 Å². The highest BCUT2D eigenvalue weighted by Crippen LogP contribution is 2.24. The molecule has 0 aliphatic carbocycles. The summed E-state index contributed by atoms with van der Waals surface area (Å²) in [7, 11) is 0. The van der Waals surface area contributed by atoms with E-state index in [-0.39, 0.29) is 12.1 Å². The highest BCUT2D eigenvalue weighted by molar-refractivity contribution is 5.28. The predicted molar refractivity (Wildman–Crippen MR) is 57.2 cm³/mol. The first-order chi connectivity index (χ1) is 6.79. The number of rotatable bonds is 2. The molecule has 2 atom stereocenters. The molecule has 0 amide bonds. The standard InChI is InChI=1S/C12H17NO/c1-9-5-2-3-6-10(9)12(14)11-7-4-8-13-11/h2-3,5-6,11-14H,4,7-8H2,1H3/t11-,12?/m1/s1. The van der Waals surface area contributed by atoms with Crippen LogP contribution in [-0.4, -0.2) is 17.7 Å². The van der Waals surface area contributed by atoms with Crippen LogP contribution in [0.1, 0.15) is 30.1 Å². The van der Waals surface area contributed by atoms with Gasteiger partial charge in [0.2, 0.25) is 0 Å². The van der Waals surface area contributed by atoms with Crippen molar-refractivity contribution < 1.29 is 5.11 Å². The van der Waals surface area contributed by atoms with E-state index in [2.05, 4.69) is 5.32 Å². The molecule has 1 fully saturated rings. The minimum Gasteiger partial charge on any atom is -0.387 e. The Kier molecular flexibility index (Phi) is 2.85. The van der Waals surface area contributed by atoms with Gasteiger partial charge in [-0.25, -0.2) is 0 Å². The molecule has 2 nitrogen and oxygen atoms in total. The van der Waals surface area contributed by atoms with Gasteiger partial charge in [0.1, 0.15) is 0 Å². The van der Waals surface area contributed by atoms with E-state index in [1.807, 2.05) is 31.2 Å². The second-order valence-corrected chi connectivity index (χ2v) is 4.00. The zero-order chi connectivity index (χ0) is 9.97. The summed E-state index contributed by atoms with van der Waals surface area (Å²) in [6.45, 7) is 3.08. The second kappa shape index (κ2) is 4.11. The van der Waals surface area contributed by atoms with Crippen LogP contribution in [-0.2, 0) is 0 Å². The summed E-state index contributed by atoms with van der Waals surface area (Å²) in [4.78, 5) is 0. The van der Waals surface area contributed by atoms with Crippen LogP contribution in [0.15, 0.2) is 24.3 Å². The molecule has 14 heavy (non-hydrogen) atoms. The molecule has 0 saturated carbocycles. The third-order valence-corrected chi connectivity index (χ3v) is 2.99. The highest BCUT2D eigenvalue weighted by atomic mass is 16.3. The van der Waals surface area contributed by atoms with Gasteiger partial charge in [-0.3, -0.25) is 0 Å². The third-order valence-electron chi connectivity index (χ3n) is 2.99. The lowest BCUT2D eigenvalue weighted by Gasteiger charge is -2.20. The molecule has 1 heterocycles. The smallest absolute Gasteiger partial charge is 0.0945 e. The van der Waals surface area contributed by atoms with Crippen molar-refractivity contribution in [2.75, 3.05) is 6.54 Å². The van der Waals surface area contributed by atoms with Gasteiger partial charge in [0, 0.05) is 6.04 Å². The van der Waals surface area contributed by atoms with Crippen molar-refractivity contribution in [1.82, 2.24) is 5.32 Å². The largest absolute Gasteiger partial charge is 0.387 e. The number of hydrogen-bond donors (Lipinski definition) is 2. The molecule has 1 aromatic rings. The summed E-state index contributed by atoms with van der Waals surface area (Å²) in [6.07, 6.45) is 1.90. The van der Waals surface area contributed by atoms with E-state index < -0.39 is 0 Å². The molecule has 1 unspecified atom stereocenters. The van der Waals surface area contributed by atoms with Gasteiger partial charge in [0.25, 0.3) is 0 Å². The predicted octanol–water partition coefficient (Wildman–Crippen LogP) is 1.78. The maximum Gasteiger partial charge on any atom is 0.0945 e. The number of nitrogens with one attached hydrogen (secondary N) is 1. The van der Waals surface area contributed by atoms with Crippen LogP contribution in [0.3, 0.4) is 0 Å². The Morgan fingerprint density at radius 1 is 1.43 bits per heavy atom. The SMILES string of the molecule is Cc1ccccc1C(O)[C@H]1CCCN1. The van der Waals surface area contributed by atoms with Crippen molar-refractivity contribution in [2.24, 2.45) is 0 Å². The molecule has 1 aliphatic rings. The van der Waals surface area contributed by atoms with Crippen LogP contribution >= 0.6 is 0 Å². The fourth-order valence-corrected chi connectivity index (χ4v) is 2.12. The summed E-state index contributed by atoms with van der Waals surface area (Å²) < 4.78 is 0. The first-order valence-corrected chi connectivity index (χ1v) is 5.26. The Balaban J connectivity index is 2.17. The lowest BCUT2D eigenvalue weighted by atomic mass is 9.97. The van der Waals surface area contributed by atoms with Gasteiger partial charge in [-0.1, -0.05) is 24.3 Å². The fourth-order valence-electron chi connectivity index (χ4n) is 2.12. The molecular formula is C12H17NO. The molecule has 1 saturated heterocycles. The topological polar surface area (TPSA) is 32.3 Å². The van der Waals surface area contributed by atoms with E-state index in [1.54, 1.807) is 0 Å². The van der Waals surface area contributed by atoms with Gasteiger partial charge >= 0.3 is 0 Å². The number of aliphatic hydroxyl groups excluding tert-OH is 1. The summed E-state index contributed by atoms with van der Waals surface area (Å²) in [6, 6.07) is 8.30. The van der Waals surface area contributed by atoms with Crippen molar-refractivity contribution >= 4 is 0 Å². The van der Waals surface area contributed by atoms with Gasteiger partial charge in [-0.05, 0) is 37.4 Å². The normalized spacial score (nSPS) is 23.7. The first-order valence-electron chi connectivity index (χ1n) is 5.26. The Bertz CT molecular complexity index is 305. The maximum absolute atomic E-state index is 10.1. The van der Waals surface area contributed by atoms with Crippen LogP contribution in [0.2, 0.25) is 0 Å². The Labute approximate surface area is 85.0 Å². The quantitative estimate of drug-likeness (QED) is 0.747. The van der Waals surface area contributed by atoms with E-state index in [4.69, 9.17) is 0 Å². The Morgan fingerprint density at radius 2 is 2.21 bits per heavy atom. The summed E-state index contributed by atoms with van der Waals surface area (Å²) >= 11 is 0. The maximum atomic E-state index is 10.1. The van der Waals surface area contributed by atoms with E-state index in [0.29, 0.717) is 0 Å². The van der Waals surface area contributed by atoms with Gasteiger partial charge in [-0.2, -0.15) is 0 Å². The lowest BCUT2D eigenvalue weighted by Crippen LogP contribution is -2.29. The summed E-state index contributed by atoms with van der Waals surface area (Å²) in [5.41, 5.74) is 2.24. The van der Waals surface area contributed by atoms with Crippen molar-refractivity contribution in [3.8, 4) is 0 Å². The molecule has 76 valence electrons. The Morgan fingerprint density at radius 3 is 2.86 bits per heavy atom. The molecule has 1 aliphatic heterocycles. The van der Waals surface area contributed by atoms with Crippen LogP contribution in [0, 0.1) is 6.92 Å². The Hall–Kier alpha value is -0.860. The third kappa shape index (κ3) is 1.81. The minimum absolute atomic E-state index is 0.246. The lowest BCUT2D eigenvalue weighted by molar-refractivity contribution is 0.137. The molecule has 2 heteroatoms. The number of benzene rings is 1. The van der Waals surface area contributed by atoms with Crippen molar-refractivity contribution in [1.29, 1.82) is 0 Å². The molecule has 0 aromatic heterocycles. The second-order valence-electron chi connectivity index (χ2n) is 4.00. The molecule has 1 aromatic carbocycles. The molecular weight excluding hydrogens is 174 g/mol. The first kappa shape index (κ1) is 9.69. The average Bonchev–Trinajstić information content (AvgIpc) is 2.70. The molecule has 2 rings (SSSR count). The number of aliphatic hydroxyl groups is 1. The van der Waals surface area contributed by atoms with Gasteiger partial charge in [0.15, 0.2) is 0 Å². The molecule has 2 N–H and O–H groups in total. The van der Waals surface area contributed by atoms with E-state index in [1.165, 1.54) is 12.0 Å². The van der Waals surface area contributed by atoms with E-state index in [0.717, 1.165) is 18.5 Å². The van der Waals surface area contributed by atoms with Gasteiger partial charge in [0.05, 0.1) is 6.10 Å². The molecule has 0 bridgehead atoms. The monoisotopic (exact) mass is 191 g/mol. The van der Waals surface area contributed by atoms with E-state index in [9.17, 15) is 5.11 Å². The van der Waals surface area contributed by atoms with E-state index >= 15 is 0 Å². The zero-order valence-electron chi connectivity index (χ0n) is 8.53.